The van der Waals surface area contributed by atoms with Gasteiger partial charge in [0.15, 0.2) is 17.3 Å². The topological polar surface area (TPSA) is 55.5 Å². The third-order valence-electron chi connectivity index (χ3n) is 3.81. The van der Waals surface area contributed by atoms with Crippen LogP contribution in [0.2, 0.25) is 0 Å². The predicted octanol–water partition coefficient (Wildman–Crippen LogP) is 4.81. The van der Waals surface area contributed by atoms with Crippen molar-refractivity contribution in [3.8, 4) is 34.1 Å². The number of phenolic OH excluding ortho intramolecular Hbond substituents is 1. The zero-order valence-electron chi connectivity index (χ0n) is 13.5. The van der Waals surface area contributed by atoms with Gasteiger partial charge in [0.1, 0.15) is 11.5 Å². The lowest BCUT2D eigenvalue weighted by Crippen LogP contribution is -1.91. The number of methoxy groups -OCH3 is 1. The van der Waals surface area contributed by atoms with E-state index in [0.717, 1.165) is 18.4 Å². The molecular formula is C19H18FNO3. The molecule has 0 unspecified atom stereocenters. The average Bonchev–Trinajstić information content (AvgIpc) is 3.07. The molecule has 0 fully saturated rings. The second-order valence-corrected chi connectivity index (χ2v) is 5.53. The molecule has 1 aromatic heterocycles. The fourth-order valence-corrected chi connectivity index (χ4v) is 2.60. The maximum absolute atomic E-state index is 13.0. The molecule has 0 amide bonds. The maximum Gasteiger partial charge on any atom is 0.167 e. The van der Waals surface area contributed by atoms with Crippen molar-refractivity contribution in [1.82, 2.24) is 5.16 Å². The van der Waals surface area contributed by atoms with Gasteiger partial charge in [0.25, 0.3) is 0 Å². The summed E-state index contributed by atoms with van der Waals surface area (Å²) in [7, 11) is 1.52. The highest BCUT2D eigenvalue weighted by atomic mass is 19.1. The highest BCUT2D eigenvalue weighted by molar-refractivity contribution is 5.74. The van der Waals surface area contributed by atoms with Gasteiger partial charge in [-0.25, -0.2) is 4.39 Å². The first-order chi connectivity index (χ1) is 11.6. The first kappa shape index (κ1) is 16.1. The second-order valence-electron chi connectivity index (χ2n) is 5.53. The van der Waals surface area contributed by atoms with Crippen LogP contribution in [0.5, 0.6) is 11.5 Å². The molecule has 24 heavy (non-hydrogen) atoms. The van der Waals surface area contributed by atoms with Crippen LogP contribution in [0.25, 0.3) is 22.6 Å². The van der Waals surface area contributed by atoms with E-state index in [4.69, 9.17) is 9.26 Å². The van der Waals surface area contributed by atoms with Crippen molar-refractivity contribution in [2.75, 3.05) is 7.11 Å². The van der Waals surface area contributed by atoms with Crippen LogP contribution in [-0.4, -0.2) is 17.4 Å². The lowest BCUT2D eigenvalue weighted by atomic mass is 10.0. The van der Waals surface area contributed by atoms with E-state index in [1.165, 1.54) is 19.2 Å². The Bertz CT molecular complexity index is 840. The summed E-state index contributed by atoms with van der Waals surface area (Å²) in [5, 5.41) is 14.4. The third kappa shape index (κ3) is 3.11. The standard InChI is InChI=1S/C19H18FNO3/c1-3-4-12-9-15(19(22)18(10-12)23-2)16-11-17(24-21-16)13-5-7-14(20)8-6-13/h5-11,22H,3-4H2,1-2H3. The number of aryl methyl sites for hydroxylation is 1. The molecular weight excluding hydrogens is 309 g/mol. The largest absolute Gasteiger partial charge is 0.504 e. The normalized spacial score (nSPS) is 10.8. The Morgan fingerprint density at radius 3 is 2.58 bits per heavy atom. The van der Waals surface area contributed by atoms with Crippen LogP contribution < -0.4 is 4.74 Å². The van der Waals surface area contributed by atoms with E-state index in [-0.39, 0.29) is 11.6 Å². The molecule has 1 N–H and O–H groups in total. The molecule has 3 aromatic rings. The van der Waals surface area contributed by atoms with Crippen molar-refractivity contribution in [3.63, 3.8) is 0 Å². The number of benzene rings is 2. The van der Waals surface area contributed by atoms with Crippen molar-refractivity contribution < 1.29 is 18.8 Å². The van der Waals surface area contributed by atoms with Crippen LogP contribution in [0.3, 0.4) is 0 Å². The molecule has 0 atom stereocenters. The first-order valence-corrected chi connectivity index (χ1v) is 7.75. The maximum atomic E-state index is 13.0. The molecule has 3 rings (SSSR count). The van der Waals surface area contributed by atoms with Crippen molar-refractivity contribution >= 4 is 0 Å². The number of aromatic hydroxyl groups is 1. The molecule has 0 aliphatic rings. The second kappa shape index (κ2) is 6.74. The lowest BCUT2D eigenvalue weighted by Gasteiger charge is -2.10. The minimum Gasteiger partial charge on any atom is -0.504 e. The van der Waals surface area contributed by atoms with Gasteiger partial charge in [-0.15, -0.1) is 0 Å². The molecule has 1 heterocycles. The summed E-state index contributed by atoms with van der Waals surface area (Å²) in [4.78, 5) is 0. The van der Waals surface area contributed by atoms with Crippen LogP contribution >= 0.6 is 0 Å². The fraction of sp³-hybridized carbons (Fsp3) is 0.211. The Labute approximate surface area is 139 Å². The molecule has 0 spiro atoms. The van der Waals surface area contributed by atoms with Gasteiger partial charge in [-0.05, 0) is 48.4 Å². The Balaban J connectivity index is 2.03. The van der Waals surface area contributed by atoms with Gasteiger partial charge in [0.2, 0.25) is 0 Å². The highest BCUT2D eigenvalue weighted by Gasteiger charge is 2.16. The summed E-state index contributed by atoms with van der Waals surface area (Å²) in [6, 6.07) is 11.4. The van der Waals surface area contributed by atoms with Gasteiger partial charge in [0.05, 0.1) is 7.11 Å². The number of hydrogen-bond acceptors (Lipinski definition) is 4. The molecule has 124 valence electrons. The number of nitrogens with zero attached hydrogens (tertiary/aromatic N) is 1. The van der Waals surface area contributed by atoms with E-state index in [9.17, 15) is 9.50 Å². The third-order valence-corrected chi connectivity index (χ3v) is 3.81. The van der Waals surface area contributed by atoms with E-state index < -0.39 is 0 Å². The molecule has 0 saturated heterocycles. The first-order valence-electron chi connectivity index (χ1n) is 7.75. The van der Waals surface area contributed by atoms with Gasteiger partial charge in [-0.3, -0.25) is 0 Å². The summed E-state index contributed by atoms with van der Waals surface area (Å²) >= 11 is 0. The zero-order chi connectivity index (χ0) is 17.1. The van der Waals surface area contributed by atoms with Crippen molar-refractivity contribution in [3.05, 3.63) is 53.8 Å². The van der Waals surface area contributed by atoms with Crippen LogP contribution in [-0.2, 0) is 6.42 Å². The van der Waals surface area contributed by atoms with E-state index in [0.29, 0.717) is 28.3 Å². The zero-order valence-corrected chi connectivity index (χ0v) is 13.5. The summed E-state index contributed by atoms with van der Waals surface area (Å²) in [6.45, 7) is 2.09. The average molecular weight is 327 g/mol. The molecule has 0 aliphatic carbocycles. The lowest BCUT2D eigenvalue weighted by molar-refractivity contribution is 0.373. The number of aromatic nitrogens is 1. The van der Waals surface area contributed by atoms with Gasteiger partial charge < -0.3 is 14.4 Å². The van der Waals surface area contributed by atoms with Crippen LogP contribution in [0.1, 0.15) is 18.9 Å². The molecule has 0 radical (unpaired) electrons. The van der Waals surface area contributed by atoms with E-state index in [1.807, 2.05) is 12.1 Å². The Morgan fingerprint density at radius 2 is 1.92 bits per heavy atom. The number of halogens is 1. The Kier molecular flexibility index (Phi) is 4.51. The van der Waals surface area contributed by atoms with Gasteiger partial charge in [0, 0.05) is 17.2 Å². The van der Waals surface area contributed by atoms with Crippen molar-refractivity contribution in [2.45, 2.75) is 19.8 Å². The molecule has 0 aliphatic heterocycles. The molecule has 0 bridgehead atoms. The monoisotopic (exact) mass is 327 g/mol. The quantitative estimate of drug-likeness (QED) is 0.730. The van der Waals surface area contributed by atoms with Crippen LogP contribution in [0.4, 0.5) is 4.39 Å². The van der Waals surface area contributed by atoms with Gasteiger partial charge in [-0.2, -0.15) is 0 Å². The molecule has 4 nitrogen and oxygen atoms in total. The van der Waals surface area contributed by atoms with Crippen LogP contribution in [0.15, 0.2) is 47.0 Å². The predicted molar refractivity (Wildman–Crippen MR) is 89.5 cm³/mol. The minimum atomic E-state index is -0.312. The summed E-state index contributed by atoms with van der Waals surface area (Å²) in [6.07, 6.45) is 1.85. The Hall–Kier alpha value is -2.82. The van der Waals surface area contributed by atoms with E-state index >= 15 is 0 Å². The number of ether oxygens (including phenoxy) is 1. The number of phenols is 1. The molecule has 2 aromatic carbocycles. The van der Waals surface area contributed by atoms with Crippen molar-refractivity contribution in [2.24, 2.45) is 0 Å². The van der Waals surface area contributed by atoms with Gasteiger partial charge in [-0.1, -0.05) is 18.5 Å². The minimum absolute atomic E-state index is 0.0244. The summed E-state index contributed by atoms with van der Waals surface area (Å²) < 4.78 is 23.6. The number of rotatable bonds is 5. The summed E-state index contributed by atoms with van der Waals surface area (Å²) in [5.74, 6) is 0.621. The smallest absolute Gasteiger partial charge is 0.167 e. The van der Waals surface area contributed by atoms with E-state index in [2.05, 4.69) is 12.1 Å². The molecule has 5 heteroatoms. The SMILES string of the molecule is CCCc1cc(OC)c(O)c(-c2cc(-c3ccc(F)cc3)on2)c1. The fourth-order valence-electron chi connectivity index (χ4n) is 2.60. The van der Waals surface area contributed by atoms with E-state index in [1.54, 1.807) is 18.2 Å². The van der Waals surface area contributed by atoms with Crippen molar-refractivity contribution in [1.29, 1.82) is 0 Å². The summed E-state index contributed by atoms with van der Waals surface area (Å²) in [5.41, 5.74) is 2.82. The highest BCUT2D eigenvalue weighted by Crippen LogP contribution is 2.39. The number of hydrogen-bond donors (Lipinski definition) is 1. The van der Waals surface area contributed by atoms with Crippen LogP contribution in [0, 0.1) is 5.82 Å². The van der Waals surface area contributed by atoms with Gasteiger partial charge >= 0.3 is 0 Å². The Morgan fingerprint density at radius 1 is 1.17 bits per heavy atom. The molecule has 0 saturated carbocycles.